The molecule has 0 spiro atoms. The molecule has 1 aliphatic rings. The van der Waals surface area contributed by atoms with Crippen molar-refractivity contribution in [2.24, 2.45) is 0 Å². The molecular weight excluding hydrogens is 306 g/mol. The van der Waals surface area contributed by atoms with Crippen LogP contribution in [0.5, 0.6) is 5.75 Å². The van der Waals surface area contributed by atoms with Gasteiger partial charge in [-0.05, 0) is 64.8 Å². The Hall–Kier alpha value is -2.24. The van der Waals surface area contributed by atoms with Crippen molar-refractivity contribution in [1.29, 1.82) is 0 Å². The molecule has 1 aliphatic heterocycles. The molecule has 0 unspecified atom stereocenters. The van der Waals surface area contributed by atoms with E-state index in [4.69, 9.17) is 4.74 Å². The third-order valence-electron chi connectivity index (χ3n) is 3.73. The van der Waals surface area contributed by atoms with Gasteiger partial charge in [0, 0.05) is 17.8 Å². The highest BCUT2D eigenvalue weighted by molar-refractivity contribution is 5.94. The van der Waals surface area contributed by atoms with E-state index >= 15 is 0 Å². The zero-order valence-electron chi connectivity index (χ0n) is 14.9. The van der Waals surface area contributed by atoms with Crippen LogP contribution in [-0.4, -0.2) is 41.6 Å². The fourth-order valence-electron chi connectivity index (χ4n) is 2.73. The SMILES string of the molecule is CCOc1ccc(NC(=O)N2CCC[C@H]2C(=O)NC(C)(C)C)cc1. The molecule has 2 N–H and O–H groups in total. The first-order chi connectivity index (χ1) is 11.3. The van der Waals surface area contributed by atoms with Crippen molar-refractivity contribution in [1.82, 2.24) is 10.2 Å². The molecule has 1 aromatic rings. The van der Waals surface area contributed by atoms with Crippen LogP contribution >= 0.6 is 0 Å². The maximum atomic E-state index is 12.5. The zero-order chi connectivity index (χ0) is 17.7. The highest BCUT2D eigenvalue weighted by atomic mass is 16.5. The molecule has 0 bridgehead atoms. The maximum absolute atomic E-state index is 12.5. The first-order valence-corrected chi connectivity index (χ1v) is 8.42. The number of likely N-dealkylation sites (tertiary alicyclic amines) is 1. The van der Waals surface area contributed by atoms with Crippen LogP contribution in [0.4, 0.5) is 10.5 Å². The number of carbonyl (C=O) groups excluding carboxylic acids is 2. The number of nitrogens with one attached hydrogen (secondary N) is 2. The van der Waals surface area contributed by atoms with Gasteiger partial charge in [0.05, 0.1) is 6.61 Å². The number of rotatable bonds is 4. The topological polar surface area (TPSA) is 70.7 Å². The third kappa shape index (κ3) is 4.88. The number of nitrogens with zero attached hydrogens (tertiary/aromatic N) is 1. The number of hydrogen-bond acceptors (Lipinski definition) is 3. The summed E-state index contributed by atoms with van der Waals surface area (Å²) in [4.78, 5) is 26.5. The molecule has 1 saturated heterocycles. The van der Waals surface area contributed by atoms with E-state index in [1.165, 1.54) is 0 Å². The lowest BCUT2D eigenvalue weighted by molar-refractivity contribution is -0.126. The lowest BCUT2D eigenvalue weighted by Gasteiger charge is -2.28. The van der Waals surface area contributed by atoms with Gasteiger partial charge in [-0.1, -0.05) is 0 Å². The first-order valence-electron chi connectivity index (χ1n) is 8.42. The summed E-state index contributed by atoms with van der Waals surface area (Å²) in [6.07, 6.45) is 1.53. The molecule has 2 rings (SSSR count). The molecule has 1 heterocycles. The Kier molecular flexibility index (Phi) is 5.70. The van der Waals surface area contributed by atoms with Gasteiger partial charge in [-0.15, -0.1) is 0 Å². The number of amides is 3. The molecule has 132 valence electrons. The second-order valence-corrected chi connectivity index (χ2v) is 6.98. The molecule has 6 heteroatoms. The monoisotopic (exact) mass is 333 g/mol. The van der Waals surface area contributed by atoms with Crippen LogP contribution in [0.2, 0.25) is 0 Å². The van der Waals surface area contributed by atoms with Gasteiger partial charge in [-0.3, -0.25) is 4.79 Å². The first kappa shape index (κ1) is 18.1. The average molecular weight is 333 g/mol. The number of urea groups is 1. The van der Waals surface area contributed by atoms with Crippen LogP contribution in [0.15, 0.2) is 24.3 Å². The van der Waals surface area contributed by atoms with Crippen LogP contribution in [0.3, 0.4) is 0 Å². The van der Waals surface area contributed by atoms with Crippen molar-refractivity contribution in [3.8, 4) is 5.75 Å². The predicted molar refractivity (Wildman–Crippen MR) is 94.3 cm³/mol. The predicted octanol–water partition coefficient (Wildman–Crippen LogP) is 3.00. The minimum absolute atomic E-state index is 0.0955. The summed E-state index contributed by atoms with van der Waals surface area (Å²) in [6, 6.07) is 6.56. The molecule has 0 saturated carbocycles. The van der Waals surface area contributed by atoms with Crippen LogP contribution in [0.1, 0.15) is 40.5 Å². The number of anilines is 1. The lowest BCUT2D eigenvalue weighted by Crippen LogP contribution is -2.52. The maximum Gasteiger partial charge on any atom is 0.322 e. The summed E-state index contributed by atoms with van der Waals surface area (Å²) >= 11 is 0. The average Bonchev–Trinajstić information content (AvgIpc) is 2.97. The largest absolute Gasteiger partial charge is 0.494 e. The molecule has 1 atom stereocenters. The summed E-state index contributed by atoms with van der Waals surface area (Å²) in [5, 5.41) is 5.81. The van der Waals surface area contributed by atoms with Gasteiger partial charge >= 0.3 is 6.03 Å². The van der Waals surface area contributed by atoms with Crippen LogP contribution in [0, 0.1) is 0 Å². The van der Waals surface area contributed by atoms with Crippen molar-refractivity contribution in [3.63, 3.8) is 0 Å². The Morgan fingerprint density at radius 3 is 2.50 bits per heavy atom. The van der Waals surface area contributed by atoms with Crippen molar-refractivity contribution in [2.75, 3.05) is 18.5 Å². The van der Waals surface area contributed by atoms with E-state index in [2.05, 4.69) is 10.6 Å². The summed E-state index contributed by atoms with van der Waals surface area (Å²) in [5.41, 5.74) is 0.377. The highest BCUT2D eigenvalue weighted by Gasteiger charge is 2.35. The van der Waals surface area contributed by atoms with Gasteiger partial charge < -0.3 is 20.3 Å². The van der Waals surface area contributed by atoms with Gasteiger partial charge in [0.1, 0.15) is 11.8 Å². The van der Waals surface area contributed by atoms with E-state index < -0.39 is 6.04 Å². The highest BCUT2D eigenvalue weighted by Crippen LogP contribution is 2.21. The zero-order valence-corrected chi connectivity index (χ0v) is 14.9. The number of benzene rings is 1. The standard InChI is InChI=1S/C18H27N3O3/c1-5-24-14-10-8-13(9-11-14)19-17(23)21-12-6-7-15(21)16(22)20-18(2,3)4/h8-11,15H,5-7,12H2,1-4H3,(H,19,23)(H,20,22)/t15-/m0/s1. The Morgan fingerprint density at radius 1 is 1.25 bits per heavy atom. The number of ether oxygens (including phenoxy) is 1. The van der Waals surface area contributed by atoms with Gasteiger partial charge in [-0.25, -0.2) is 4.79 Å². The van der Waals surface area contributed by atoms with Gasteiger partial charge in [-0.2, -0.15) is 0 Å². The van der Waals surface area contributed by atoms with Crippen molar-refractivity contribution in [2.45, 2.75) is 52.1 Å². The Morgan fingerprint density at radius 2 is 1.92 bits per heavy atom. The van der Waals surface area contributed by atoms with Crippen LogP contribution in [0.25, 0.3) is 0 Å². The quantitative estimate of drug-likeness (QED) is 0.890. The molecule has 0 aliphatic carbocycles. The molecule has 24 heavy (non-hydrogen) atoms. The second kappa shape index (κ2) is 7.55. The Labute approximate surface area is 143 Å². The second-order valence-electron chi connectivity index (χ2n) is 6.98. The minimum atomic E-state index is -0.410. The minimum Gasteiger partial charge on any atom is -0.494 e. The van der Waals surface area contributed by atoms with Crippen molar-refractivity contribution in [3.05, 3.63) is 24.3 Å². The van der Waals surface area contributed by atoms with Crippen molar-refractivity contribution >= 4 is 17.6 Å². The van der Waals surface area contributed by atoms with Gasteiger partial charge in [0.25, 0.3) is 0 Å². The molecule has 0 radical (unpaired) electrons. The Bertz CT molecular complexity index is 578. The third-order valence-corrected chi connectivity index (χ3v) is 3.73. The fourth-order valence-corrected chi connectivity index (χ4v) is 2.73. The number of hydrogen-bond donors (Lipinski definition) is 2. The molecule has 3 amide bonds. The summed E-state index contributed by atoms with van der Waals surface area (Å²) < 4.78 is 5.38. The number of carbonyl (C=O) groups is 2. The summed E-state index contributed by atoms with van der Waals surface area (Å²) in [7, 11) is 0. The smallest absolute Gasteiger partial charge is 0.322 e. The van der Waals surface area contributed by atoms with Crippen LogP contribution in [-0.2, 0) is 4.79 Å². The van der Waals surface area contributed by atoms with E-state index in [0.29, 0.717) is 25.3 Å². The molecular formula is C18H27N3O3. The van der Waals surface area contributed by atoms with Crippen LogP contribution < -0.4 is 15.4 Å². The van der Waals surface area contributed by atoms with Gasteiger partial charge in [0.2, 0.25) is 5.91 Å². The molecule has 0 aromatic heterocycles. The normalized spacial score (nSPS) is 17.5. The van der Waals surface area contributed by atoms with E-state index in [-0.39, 0.29) is 17.5 Å². The summed E-state index contributed by atoms with van der Waals surface area (Å²) in [6.45, 7) is 8.92. The molecule has 6 nitrogen and oxygen atoms in total. The van der Waals surface area contributed by atoms with E-state index in [1.807, 2.05) is 39.8 Å². The van der Waals surface area contributed by atoms with E-state index in [0.717, 1.165) is 12.2 Å². The van der Waals surface area contributed by atoms with Crippen molar-refractivity contribution < 1.29 is 14.3 Å². The summed E-state index contributed by atoms with van der Waals surface area (Å²) in [5.74, 6) is 0.668. The molecule has 1 aromatic carbocycles. The lowest BCUT2D eigenvalue weighted by atomic mass is 10.1. The fraction of sp³-hybridized carbons (Fsp3) is 0.556. The Balaban J connectivity index is 1.98. The van der Waals surface area contributed by atoms with E-state index in [9.17, 15) is 9.59 Å². The van der Waals surface area contributed by atoms with Gasteiger partial charge in [0.15, 0.2) is 0 Å². The van der Waals surface area contributed by atoms with E-state index in [1.54, 1.807) is 17.0 Å². The molecule has 1 fully saturated rings.